The number of hydrogen-bond donors (Lipinski definition) is 1. The molecule has 2 aromatic carbocycles. The van der Waals surface area contributed by atoms with Gasteiger partial charge in [0.2, 0.25) is 6.04 Å². The zero-order chi connectivity index (χ0) is 19.3. The van der Waals surface area contributed by atoms with Crippen LogP contribution >= 0.6 is 23.2 Å². The standard InChI is InChI=1S/C18H19Cl2NO5/c1-3-25-16-6-5-11(9-17(16)26-4-2)15(21(23)24)8-12-7-13(19)10-14(20)18(12)22/h5-7,9-10,15,22H,3-4,8H2,1-2H3. The van der Waals surface area contributed by atoms with Gasteiger partial charge in [0, 0.05) is 27.5 Å². The van der Waals surface area contributed by atoms with Gasteiger partial charge < -0.3 is 14.6 Å². The lowest BCUT2D eigenvalue weighted by Crippen LogP contribution is -2.14. The third kappa shape index (κ3) is 4.71. The molecular formula is C18H19Cl2NO5. The Kier molecular flexibility index (Phi) is 6.94. The molecular weight excluding hydrogens is 381 g/mol. The van der Waals surface area contributed by atoms with Crippen molar-refractivity contribution in [2.45, 2.75) is 26.3 Å². The van der Waals surface area contributed by atoms with Gasteiger partial charge >= 0.3 is 0 Å². The lowest BCUT2D eigenvalue weighted by molar-refractivity contribution is -0.528. The molecule has 0 heterocycles. The van der Waals surface area contributed by atoms with E-state index in [9.17, 15) is 15.2 Å². The van der Waals surface area contributed by atoms with Gasteiger partial charge in [-0.2, -0.15) is 0 Å². The number of ether oxygens (including phenoxy) is 2. The van der Waals surface area contributed by atoms with Gasteiger partial charge in [-0.05, 0) is 44.2 Å². The molecule has 8 heteroatoms. The van der Waals surface area contributed by atoms with Gasteiger partial charge in [0.05, 0.1) is 18.2 Å². The van der Waals surface area contributed by atoms with Crippen molar-refractivity contribution in [2.24, 2.45) is 0 Å². The molecule has 1 N–H and O–H groups in total. The summed E-state index contributed by atoms with van der Waals surface area (Å²) in [4.78, 5) is 11.2. The fraction of sp³-hybridized carbons (Fsp3) is 0.333. The van der Waals surface area contributed by atoms with E-state index in [-0.39, 0.29) is 17.2 Å². The molecule has 0 saturated carbocycles. The van der Waals surface area contributed by atoms with E-state index in [1.54, 1.807) is 18.2 Å². The Bertz CT molecular complexity index is 797. The highest BCUT2D eigenvalue weighted by Gasteiger charge is 2.27. The van der Waals surface area contributed by atoms with Crippen LogP contribution in [0, 0.1) is 10.1 Å². The van der Waals surface area contributed by atoms with Crippen molar-refractivity contribution in [1.29, 1.82) is 0 Å². The number of aromatic hydroxyl groups is 1. The van der Waals surface area contributed by atoms with Crippen LogP contribution in [-0.2, 0) is 6.42 Å². The average molecular weight is 400 g/mol. The average Bonchev–Trinajstić information content (AvgIpc) is 2.58. The third-order valence-electron chi connectivity index (χ3n) is 3.73. The zero-order valence-electron chi connectivity index (χ0n) is 14.4. The third-order valence-corrected chi connectivity index (χ3v) is 4.23. The van der Waals surface area contributed by atoms with E-state index in [0.29, 0.717) is 40.9 Å². The highest BCUT2D eigenvalue weighted by molar-refractivity contribution is 6.35. The Morgan fingerprint density at radius 3 is 2.38 bits per heavy atom. The fourth-order valence-corrected chi connectivity index (χ4v) is 3.11. The molecule has 0 aromatic heterocycles. The second-order valence-electron chi connectivity index (χ2n) is 5.47. The summed E-state index contributed by atoms with van der Waals surface area (Å²) in [5.74, 6) is 0.750. The molecule has 0 radical (unpaired) electrons. The summed E-state index contributed by atoms with van der Waals surface area (Å²) in [5.41, 5.74) is 0.730. The van der Waals surface area contributed by atoms with Gasteiger partial charge in [-0.25, -0.2) is 0 Å². The highest BCUT2D eigenvalue weighted by Crippen LogP contribution is 2.37. The first kappa shape index (κ1) is 20.1. The number of phenols is 1. The maximum atomic E-state index is 11.7. The summed E-state index contributed by atoms with van der Waals surface area (Å²) in [6.07, 6.45) is -0.0708. The van der Waals surface area contributed by atoms with E-state index in [4.69, 9.17) is 32.7 Å². The predicted octanol–water partition coefficient (Wildman–Crippen LogP) is 5.06. The topological polar surface area (TPSA) is 81.8 Å². The smallest absolute Gasteiger partial charge is 0.242 e. The molecule has 26 heavy (non-hydrogen) atoms. The first-order valence-electron chi connectivity index (χ1n) is 8.07. The van der Waals surface area contributed by atoms with Crippen molar-refractivity contribution >= 4 is 23.2 Å². The molecule has 0 aliphatic rings. The van der Waals surface area contributed by atoms with Crippen molar-refractivity contribution in [2.75, 3.05) is 13.2 Å². The normalized spacial score (nSPS) is 11.8. The maximum Gasteiger partial charge on any atom is 0.242 e. The van der Waals surface area contributed by atoms with Crippen molar-refractivity contribution in [3.8, 4) is 17.2 Å². The molecule has 0 bridgehead atoms. The zero-order valence-corrected chi connectivity index (χ0v) is 15.9. The summed E-state index contributed by atoms with van der Waals surface area (Å²) in [7, 11) is 0. The van der Waals surface area contributed by atoms with Crippen LogP contribution in [0.5, 0.6) is 17.2 Å². The summed E-state index contributed by atoms with van der Waals surface area (Å²) >= 11 is 11.9. The Morgan fingerprint density at radius 1 is 1.12 bits per heavy atom. The monoisotopic (exact) mass is 399 g/mol. The largest absolute Gasteiger partial charge is 0.506 e. The number of benzene rings is 2. The molecule has 0 aliphatic carbocycles. The van der Waals surface area contributed by atoms with Crippen molar-refractivity contribution in [1.82, 2.24) is 0 Å². The van der Waals surface area contributed by atoms with Crippen LogP contribution in [0.3, 0.4) is 0 Å². The number of nitro groups is 1. The van der Waals surface area contributed by atoms with E-state index in [2.05, 4.69) is 0 Å². The number of nitrogens with zero attached hydrogens (tertiary/aromatic N) is 1. The number of halogens is 2. The fourth-order valence-electron chi connectivity index (χ4n) is 2.57. The lowest BCUT2D eigenvalue weighted by Gasteiger charge is -2.15. The molecule has 1 unspecified atom stereocenters. The minimum absolute atomic E-state index is 0.0521. The Labute approximate surface area is 161 Å². The van der Waals surface area contributed by atoms with Crippen molar-refractivity contribution in [3.05, 3.63) is 61.6 Å². The summed E-state index contributed by atoms with van der Waals surface area (Å²) in [6, 6.07) is 6.59. The number of rotatable bonds is 8. The first-order valence-corrected chi connectivity index (χ1v) is 8.82. The Balaban J connectivity index is 2.41. The Hall–Kier alpha value is -2.18. The van der Waals surface area contributed by atoms with Crippen LogP contribution in [0.2, 0.25) is 10.0 Å². The van der Waals surface area contributed by atoms with E-state index in [1.807, 2.05) is 13.8 Å². The molecule has 0 fully saturated rings. The molecule has 0 aliphatic heterocycles. The molecule has 2 aromatic rings. The molecule has 1 atom stereocenters. The van der Waals surface area contributed by atoms with Crippen LogP contribution < -0.4 is 9.47 Å². The van der Waals surface area contributed by atoms with Gasteiger partial charge in [0.25, 0.3) is 0 Å². The second-order valence-corrected chi connectivity index (χ2v) is 6.32. The summed E-state index contributed by atoms with van der Waals surface area (Å²) < 4.78 is 11.0. The predicted molar refractivity (Wildman–Crippen MR) is 100 cm³/mol. The molecule has 0 saturated heterocycles. The molecule has 0 amide bonds. The maximum absolute atomic E-state index is 11.7. The van der Waals surface area contributed by atoms with Crippen LogP contribution in [0.4, 0.5) is 0 Å². The van der Waals surface area contributed by atoms with E-state index < -0.39 is 11.0 Å². The molecule has 6 nitrogen and oxygen atoms in total. The lowest BCUT2D eigenvalue weighted by atomic mass is 9.98. The number of phenolic OH excluding ortho intramolecular Hbond substituents is 1. The first-order chi connectivity index (χ1) is 12.4. The van der Waals surface area contributed by atoms with Crippen molar-refractivity contribution in [3.63, 3.8) is 0 Å². The van der Waals surface area contributed by atoms with Crippen LogP contribution in [-0.4, -0.2) is 23.2 Å². The van der Waals surface area contributed by atoms with E-state index in [1.165, 1.54) is 12.1 Å². The van der Waals surface area contributed by atoms with Gasteiger partial charge in [-0.1, -0.05) is 23.2 Å². The summed E-state index contributed by atoms with van der Waals surface area (Å²) in [5, 5.41) is 22.1. The van der Waals surface area contributed by atoms with Crippen LogP contribution in [0.1, 0.15) is 31.0 Å². The highest BCUT2D eigenvalue weighted by atomic mass is 35.5. The van der Waals surface area contributed by atoms with Crippen molar-refractivity contribution < 1.29 is 19.5 Å². The minimum atomic E-state index is -1.11. The van der Waals surface area contributed by atoms with Gasteiger partial charge in [0.15, 0.2) is 11.5 Å². The molecule has 140 valence electrons. The number of hydrogen-bond acceptors (Lipinski definition) is 5. The van der Waals surface area contributed by atoms with Gasteiger partial charge in [-0.15, -0.1) is 0 Å². The minimum Gasteiger partial charge on any atom is -0.506 e. The van der Waals surface area contributed by atoms with E-state index in [0.717, 1.165) is 0 Å². The SMILES string of the molecule is CCOc1ccc(C(Cc2cc(Cl)cc(Cl)c2O)[N+](=O)[O-])cc1OCC. The van der Waals surface area contributed by atoms with Gasteiger partial charge in [-0.3, -0.25) is 10.1 Å². The molecule has 2 rings (SSSR count). The molecule has 0 spiro atoms. The Morgan fingerprint density at radius 2 is 1.77 bits per heavy atom. The summed E-state index contributed by atoms with van der Waals surface area (Å²) in [6.45, 7) is 4.51. The van der Waals surface area contributed by atoms with Crippen LogP contribution in [0.25, 0.3) is 0 Å². The van der Waals surface area contributed by atoms with Crippen LogP contribution in [0.15, 0.2) is 30.3 Å². The van der Waals surface area contributed by atoms with E-state index >= 15 is 0 Å². The van der Waals surface area contributed by atoms with Gasteiger partial charge in [0.1, 0.15) is 5.75 Å². The quantitative estimate of drug-likeness (QED) is 0.495. The second kappa shape index (κ2) is 8.96.